The summed E-state index contributed by atoms with van der Waals surface area (Å²) in [5.74, 6) is 0.0578. The normalized spacial score (nSPS) is 15.1. The molecule has 3 nitrogen and oxygen atoms in total. The number of benzene rings is 1. The number of unbranched alkanes of at least 4 members (excludes halogenated alkanes) is 2. The van der Waals surface area contributed by atoms with Crippen molar-refractivity contribution in [1.82, 2.24) is 5.32 Å². The van der Waals surface area contributed by atoms with Crippen molar-refractivity contribution in [1.29, 1.82) is 0 Å². The van der Waals surface area contributed by atoms with Crippen molar-refractivity contribution >= 4 is 11.6 Å². The van der Waals surface area contributed by atoms with E-state index in [2.05, 4.69) is 24.5 Å². The molecule has 0 fully saturated rings. The second kappa shape index (κ2) is 7.32. The molecule has 1 aromatic carbocycles. The lowest BCUT2D eigenvalue weighted by atomic mass is 10.0. The SMILES string of the molecule is CCCCCC(C)NC(=O)c1ccc2c(c1)CCCN2. The van der Waals surface area contributed by atoms with E-state index in [0.29, 0.717) is 0 Å². The molecule has 1 heterocycles. The number of carbonyl (C=O) groups excluding carboxylic acids is 1. The van der Waals surface area contributed by atoms with Crippen LogP contribution in [0.25, 0.3) is 0 Å². The lowest BCUT2D eigenvalue weighted by Crippen LogP contribution is -2.32. The molecule has 0 aliphatic carbocycles. The quantitative estimate of drug-likeness (QED) is 0.776. The zero-order chi connectivity index (χ0) is 14.4. The molecule has 0 saturated heterocycles. The zero-order valence-electron chi connectivity index (χ0n) is 12.7. The van der Waals surface area contributed by atoms with Gasteiger partial charge >= 0.3 is 0 Å². The fourth-order valence-electron chi connectivity index (χ4n) is 2.70. The van der Waals surface area contributed by atoms with E-state index in [1.165, 1.54) is 30.5 Å². The third-order valence-corrected chi connectivity index (χ3v) is 3.92. The number of hydrogen-bond donors (Lipinski definition) is 2. The van der Waals surface area contributed by atoms with Crippen molar-refractivity contribution in [3.05, 3.63) is 29.3 Å². The molecule has 2 rings (SSSR count). The zero-order valence-corrected chi connectivity index (χ0v) is 12.7. The minimum absolute atomic E-state index is 0.0578. The maximum atomic E-state index is 12.2. The van der Waals surface area contributed by atoms with Crippen molar-refractivity contribution in [3.63, 3.8) is 0 Å². The van der Waals surface area contributed by atoms with E-state index in [4.69, 9.17) is 0 Å². The predicted molar refractivity (Wildman–Crippen MR) is 84.3 cm³/mol. The highest BCUT2D eigenvalue weighted by molar-refractivity contribution is 5.95. The molecule has 0 bridgehead atoms. The average molecular weight is 274 g/mol. The molecule has 0 spiro atoms. The summed E-state index contributed by atoms with van der Waals surface area (Å²) >= 11 is 0. The standard InChI is InChI=1S/C17H26N2O/c1-3-4-5-7-13(2)19-17(20)15-9-10-16-14(12-15)8-6-11-18-16/h9-10,12-13,18H,3-8,11H2,1-2H3,(H,19,20). The van der Waals surface area contributed by atoms with Crippen LogP contribution in [-0.4, -0.2) is 18.5 Å². The van der Waals surface area contributed by atoms with E-state index < -0.39 is 0 Å². The lowest BCUT2D eigenvalue weighted by molar-refractivity contribution is 0.0938. The Kier molecular flexibility index (Phi) is 5.45. The Bertz CT molecular complexity index is 456. The van der Waals surface area contributed by atoms with Crippen molar-refractivity contribution in [3.8, 4) is 0 Å². The van der Waals surface area contributed by atoms with Crippen molar-refractivity contribution in [2.24, 2.45) is 0 Å². The van der Waals surface area contributed by atoms with Gasteiger partial charge in [0.2, 0.25) is 0 Å². The summed E-state index contributed by atoms with van der Waals surface area (Å²) in [6.45, 7) is 5.32. The van der Waals surface area contributed by atoms with Gasteiger partial charge < -0.3 is 10.6 Å². The maximum absolute atomic E-state index is 12.2. The van der Waals surface area contributed by atoms with Crippen LogP contribution >= 0.6 is 0 Å². The van der Waals surface area contributed by atoms with E-state index in [1.54, 1.807) is 0 Å². The molecule has 1 atom stereocenters. The summed E-state index contributed by atoms with van der Waals surface area (Å²) in [5, 5.41) is 6.47. The molecule has 2 N–H and O–H groups in total. The fourth-order valence-corrected chi connectivity index (χ4v) is 2.70. The van der Waals surface area contributed by atoms with Crippen molar-refractivity contribution < 1.29 is 4.79 Å². The molecule has 0 aromatic heterocycles. The fraction of sp³-hybridized carbons (Fsp3) is 0.588. The summed E-state index contributed by atoms with van der Waals surface area (Å²) in [7, 11) is 0. The molecule has 20 heavy (non-hydrogen) atoms. The van der Waals surface area contributed by atoms with E-state index >= 15 is 0 Å². The summed E-state index contributed by atoms with van der Waals surface area (Å²) < 4.78 is 0. The summed E-state index contributed by atoms with van der Waals surface area (Å²) in [5.41, 5.74) is 3.24. The first-order valence-corrected chi connectivity index (χ1v) is 7.88. The first-order chi connectivity index (χ1) is 9.70. The van der Waals surface area contributed by atoms with E-state index in [1.807, 2.05) is 18.2 Å². The van der Waals surface area contributed by atoms with Gasteiger partial charge in [0.15, 0.2) is 0 Å². The number of carbonyl (C=O) groups is 1. The molecule has 1 unspecified atom stereocenters. The van der Waals surface area contributed by atoms with Gasteiger partial charge in [-0.15, -0.1) is 0 Å². The van der Waals surface area contributed by atoms with Gasteiger partial charge in [0.25, 0.3) is 5.91 Å². The molecule has 110 valence electrons. The minimum Gasteiger partial charge on any atom is -0.385 e. The van der Waals surface area contributed by atoms with Gasteiger partial charge in [-0.3, -0.25) is 4.79 Å². The molecule has 1 amide bonds. The Morgan fingerprint density at radius 3 is 3.05 bits per heavy atom. The van der Waals surface area contributed by atoms with Crippen LogP contribution in [0, 0.1) is 0 Å². The largest absolute Gasteiger partial charge is 0.385 e. The van der Waals surface area contributed by atoms with Gasteiger partial charge in [-0.25, -0.2) is 0 Å². The molecule has 1 aliphatic heterocycles. The number of fused-ring (bicyclic) bond motifs is 1. The van der Waals surface area contributed by atoms with Crippen LogP contribution in [0.1, 0.15) is 61.9 Å². The van der Waals surface area contributed by atoms with Crippen LogP contribution in [0.3, 0.4) is 0 Å². The monoisotopic (exact) mass is 274 g/mol. The van der Waals surface area contributed by atoms with Crippen LogP contribution in [0.5, 0.6) is 0 Å². The summed E-state index contributed by atoms with van der Waals surface area (Å²) in [6.07, 6.45) is 6.92. The van der Waals surface area contributed by atoms with Gasteiger partial charge in [-0.1, -0.05) is 26.2 Å². The molecule has 3 heteroatoms. The topological polar surface area (TPSA) is 41.1 Å². The number of hydrogen-bond acceptors (Lipinski definition) is 2. The Morgan fingerprint density at radius 1 is 1.40 bits per heavy atom. The Balaban J connectivity index is 1.92. The van der Waals surface area contributed by atoms with Crippen molar-refractivity contribution in [2.75, 3.05) is 11.9 Å². The van der Waals surface area contributed by atoms with Crippen LogP contribution in [0.2, 0.25) is 0 Å². The smallest absolute Gasteiger partial charge is 0.251 e. The number of rotatable bonds is 6. The molecular weight excluding hydrogens is 248 g/mol. The number of nitrogens with one attached hydrogen (secondary N) is 2. The second-order valence-electron chi connectivity index (χ2n) is 5.77. The second-order valence-corrected chi connectivity index (χ2v) is 5.77. The minimum atomic E-state index is 0.0578. The Morgan fingerprint density at radius 2 is 2.25 bits per heavy atom. The number of aryl methyl sites for hydroxylation is 1. The van der Waals surface area contributed by atoms with Gasteiger partial charge in [0.05, 0.1) is 0 Å². The van der Waals surface area contributed by atoms with E-state index in [9.17, 15) is 4.79 Å². The Labute approximate surface area is 122 Å². The van der Waals surface area contributed by atoms with Gasteiger partial charge in [-0.2, -0.15) is 0 Å². The first kappa shape index (κ1) is 14.9. The van der Waals surface area contributed by atoms with Crippen molar-refractivity contribution in [2.45, 2.75) is 58.4 Å². The number of amides is 1. The Hall–Kier alpha value is -1.51. The van der Waals surface area contributed by atoms with Crippen LogP contribution in [-0.2, 0) is 6.42 Å². The highest BCUT2D eigenvalue weighted by atomic mass is 16.1. The van der Waals surface area contributed by atoms with Gasteiger partial charge in [0.1, 0.15) is 0 Å². The summed E-state index contributed by atoms with van der Waals surface area (Å²) in [6, 6.07) is 6.25. The van der Waals surface area contributed by atoms with E-state index in [-0.39, 0.29) is 11.9 Å². The molecule has 0 saturated carbocycles. The van der Waals surface area contributed by atoms with E-state index in [0.717, 1.165) is 31.4 Å². The summed E-state index contributed by atoms with van der Waals surface area (Å²) in [4.78, 5) is 12.2. The highest BCUT2D eigenvalue weighted by Gasteiger charge is 2.13. The van der Waals surface area contributed by atoms with Gasteiger partial charge in [-0.05, 0) is 49.9 Å². The predicted octanol–water partition coefficient (Wildman–Crippen LogP) is 3.74. The molecule has 1 aromatic rings. The van der Waals surface area contributed by atoms with Crippen LogP contribution < -0.4 is 10.6 Å². The number of anilines is 1. The van der Waals surface area contributed by atoms with Crippen LogP contribution in [0.4, 0.5) is 5.69 Å². The lowest BCUT2D eigenvalue weighted by Gasteiger charge is -2.19. The average Bonchev–Trinajstić information content (AvgIpc) is 2.47. The van der Waals surface area contributed by atoms with Gasteiger partial charge in [0, 0.05) is 23.8 Å². The maximum Gasteiger partial charge on any atom is 0.251 e. The highest BCUT2D eigenvalue weighted by Crippen LogP contribution is 2.22. The molecule has 0 radical (unpaired) electrons. The first-order valence-electron chi connectivity index (χ1n) is 7.88. The third-order valence-electron chi connectivity index (χ3n) is 3.92. The van der Waals surface area contributed by atoms with Crippen LogP contribution in [0.15, 0.2) is 18.2 Å². The molecular formula is C17H26N2O. The third kappa shape index (κ3) is 3.99. The molecule has 1 aliphatic rings.